The molecule has 15 nitrogen and oxygen atoms in total. The number of fused-ring (bicyclic) bond motifs is 4. The van der Waals surface area contributed by atoms with Gasteiger partial charge >= 0.3 is 5.97 Å². The van der Waals surface area contributed by atoms with Crippen LogP contribution in [0.5, 0.6) is 0 Å². The summed E-state index contributed by atoms with van der Waals surface area (Å²) in [5.74, 6) is -2.01. The molecule has 8 rings (SSSR count). The number of H-pyrrole nitrogens is 2. The van der Waals surface area contributed by atoms with E-state index >= 15 is 0 Å². The van der Waals surface area contributed by atoms with Gasteiger partial charge < -0.3 is 24.8 Å². The number of hydrogen-bond donors (Lipinski definition) is 4. The zero-order valence-corrected chi connectivity index (χ0v) is 35.2. The van der Waals surface area contributed by atoms with E-state index < -0.39 is 19.8 Å². The van der Waals surface area contributed by atoms with Crippen LogP contribution in [0, 0.1) is 11.6 Å². The predicted molar refractivity (Wildman–Crippen MR) is 223 cm³/mol. The van der Waals surface area contributed by atoms with Crippen LogP contribution in [-0.4, -0.2) is 86.9 Å². The summed E-state index contributed by atoms with van der Waals surface area (Å²) in [6.07, 6.45) is 6.77. The van der Waals surface area contributed by atoms with Gasteiger partial charge in [0.05, 0.1) is 29.0 Å². The van der Waals surface area contributed by atoms with E-state index in [1.165, 1.54) is 36.7 Å². The fourth-order valence-corrected chi connectivity index (χ4v) is 7.45. The lowest BCUT2D eigenvalue weighted by Gasteiger charge is -2.37. The molecule has 4 N–H and O–H groups in total. The van der Waals surface area contributed by atoms with Gasteiger partial charge in [0.25, 0.3) is 5.91 Å². The second-order valence-corrected chi connectivity index (χ2v) is 21.4. The highest BCUT2D eigenvalue weighted by Gasteiger charge is 2.37. The molecule has 2 aromatic carbocycles. The van der Waals surface area contributed by atoms with Crippen LogP contribution >= 0.6 is 0 Å². The normalized spacial score (nSPS) is 12.4. The number of hydrogen-bond acceptors (Lipinski definition) is 9. The molecular formula is C41H45F2N11O4Si. The molecule has 0 bridgehead atoms. The molecule has 0 unspecified atom stereocenters. The monoisotopic (exact) mass is 821 g/mol. The number of halogens is 2. The Morgan fingerprint density at radius 1 is 0.797 bits per heavy atom. The van der Waals surface area contributed by atoms with E-state index in [1.807, 2.05) is 13.8 Å². The molecule has 1 amide bonds. The minimum absolute atomic E-state index is 0.0423. The Morgan fingerprint density at radius 2 is 1.27 bits per heavy atom. The van der Waals surface area contributed by atoms with Crippen molar-refractivity contribution < 1.29 is 27.9 Å². The number of carbonyl (C=O) groups excluding carboxylic acids is 1. The van der Waals surface area contributed by atoms with Gasteiger partial charge in [-0.25, -0.2) is 33.5 Å². The Morgan fingerprint density at radius 3 is 1.75 bits per heavy atom. The first-order chi connectivity index (χ1) is 27.7. The molecule has 0 atom stereocenters. The minimum Gasteiger partial charge on any atom is -0.478 e. The van der Waals surface area contributed by atoms with Gasteiger partial charge in [0.1, 0.15) is 51.0 Å². The third-order valence-electron chi connectivity index (χ3n) is 10.8. The number of carboxylic acids is 1. The molecular weight excluding hydrogens is 777 g/mol. The van der Waals surface area contributed by atoms with Crippen molar-refractivity contribution in [3.8, 4) is 22.8 Å². The highest BCUT2D eigenvalue weighted by atomic mass is 28.4. The number of carboxylic acid groups (broad SMARTS) is 1. The largest absolute Gasteiger partial charge is 0.478 e. The lowest BCUT2D eigenvalue weighted by molar-refractivity contribution is 0.0698. The van der Waals surface area contributed by atoms with Crippen LogP contribution in [0.1, 0.15) is 61.8 Å². The quantitative estimate of drug-likeness (QED) is 0.104. The van der Waals surface area contributed by atoms with Crippen molar-refractivity contribution in [1.29, 1.82) is 0 Å². The zero-order valence-electron chi connectivity index (χ0n) is 34.2. The molecule has 0 aliphatic carbocycles. The SMILES string of the molecule is Cn1nc(-c2cnc3[nH]cc(C(=O)NC(C)(C)CCO[Si](C)(C)C(C)(C)C)c3n2)c2ccc(F)cc21.Cn1nc(-c2cnc3[nH]cc(C(=O)O)c3n2)c2ccc(F)cc21. The number of benzene rings is 2. The van der Waals surface area contributed by atoms with Gasteiger partial charge in [-0.2, -0.15) is 10.2 Å². The topological polar surface area (TPSA) is 194 Å². The number of nitrogens with zero attached hydrogens (tertiary/aromatic N) is 8. The van der Waals surface area contributed by atoms with E-state index in [4.69, 9.17) is 9.41 Å². The average Bonchev–Trinajstić information content (AvgIpc) is 3.94. The first kappa shape index (κ1) is 40.8. The molecule has 0 fully saturated rings. The van der Waals surface area contributed by atoms with Crippen molar-refractivity contribution in [3.05, 3.63) is 83.9 Å². The molecule has 0 radical (unpaired) electrons. The molecule has 0 aliphatic heterocycles. The van der Waals surface area contributed by atoms with Crippen LogP contribution in [-0.2, 0) is 18.5 Å². The second kappa shape index (κ2) is 15.1. The molecule has 0 spiro atoms. The van der Waals surface area contributed by atoms with Gasteiger partial charge in [-0.05, 0) is 74.8 Å². The number of aromatic amines is 2. The predicted octanol–water partition coefficient (Wildman–Crippen LogP) is 7.92. The van der Waals surface area contributed by atoms with Crippen molar-refractivity contribution >= 4 is 64.3 Å². The van der Waals surface area contributed by atoms with E-state index in [0.717, 1.165) is 10.8 Å². The Kier molecular flexibility index (Phi) is 10.4. The van der Waals surface area contributed by atoms with E-state index in [2.05, 4.69) is 74.3 Å². The summed E-state index contributed by atoms with van der Waals surface area (Å²) in [6, 6.07) is 8.86. The van der Waals surface area contributed by atoms with Crippen LogP contribution < -0.4 is 5.32 Å². The van der Waals surface area contributed by atoms with Crippen molar-refractivity contribution in [3.63, 3.8) is 0 Å². The standard InChI is InChI=1S/C26H35FN6O2Si.C15H10FN5O2/c1-25(2,3)36(7,8)35-12-11-26(4,5)31-24(34)18-14-28-23-22(18)30-19(15-29-23)21-17-10-9-16(27)13-20(17)33(6)32-21;1-21-11-4-7(16)2-3-8(11)12(20-21)10-6-18-14-13(19-10)9(5-17-14)15(22)23/h9-10,13-15H,11-12H2,1-8H3,(H,28,29)(H,31,34);2-6H,1H3,(H,17,18)(H,22,23). The van der Waals surface area contributed by atoms with E-state index in [1.54, 1.807) is 48.0 Å². The molecule has 0 aliphatic rings. The van der Waals surface area contributed by atoms with Gasteiger partial charge in [-0.3, -0.25) is 14.2 Å². The molecule has 59 heavy (non-hydrogen) atoms. The first-order valence-electron chi connectivity index (χ1n) is 18.9. The first-order valence-corrected chi connectivity index (χ1v) is 21.8. The average molecular weight is 822 g/mol. The second-order valence-electron chi connectivity index (χ2n) is 16.6. The highest BCUT2D eigenvalue weighted by molar-refractivity contribution is 6.74. The van der Waals surface area contributed by atoms with E-state index in [-0.39, 0.29) is 33.7 Å². The van der Waals surface area contributed by atoms with Gasteiger partial charge in [-0.1, -0.05) is 20.8 Å². The van der Waals surface area contributed by atoms with Crippen LogP contribution in [0.3, 0.4) is 0 Å². The summed E-state index contributed by atoms with van der Waals surface area (Å²) in [5.41, 5.74) is 4.90. The van der Waals surface area contributed by atoms with Crippen LogP contribution in [0.15, 0.2) is 61.2 Å². The lowest BCUT2D eigenvalue weighted by Crippen LogP contribution is -2.46. The van der Waals surface area contributed by atoms with Crippen LogP contribution in [0.25, 0.3) is 66.9 Å². The summed E-state index contributed by atoms with van der Waals surface area (Å²) in [4.78, 5) is 48.0. The fraction of sp³-hybridized carbons (Fsp3) is 0.317. The van der Waals surface area contributed by atoms with E-state index in [9.17, 15) is 23.5 Å². The third-order valence-corrected chi connectivity index (χ3v) is 15.3. The Labute approximate surface area is 338 Å². The molecule has 6 aromatic heterocycles. The van der Waals surface area contributed by atoms with Crippen LogP contribution in [0.2, 0.25) is 18.1 Å². The molecule has 8 aromatic rings. The lowest BCUT2D eigenvalue weighted by atomic mass is 10.0. The molecule has 6 heterocycles. The maximum absolute atomic E-state index is 13.7. The highest BCUT2D eigenvalue weighted by Crippen LogP contribution is 2.37. The Balaban J connectivity index is 0.000000196. The number of rotatable bonds is 9. The Bertz CT molecular complexity index is 2910. The summed E-state index contributed by atoms with van der Waals surface area (Å²) >= 11 is 0. The van der Waals surface area contributed by atoms with Crippen molar-refractivity contribution in [2.45, 2.75) is 64.7 Å². The zero-order chi connectivity index (χ0) is 42.6. The number of carbonyl (C=O) groups is 2. The maximum atomic E-state index is 13.7. The van der Waals surface area contributed by atoms with Gasteiger partial charge in [0, 0.05) is 49.4 Å². The number of aromatic nitrogens is 10. The Hall–Kier alpha value is -6.40. The molecule has 0 saturated heterocycles. The molecule has 0 saturated carbocycles. The van der Waals surface area contributed by atoms with Crippen molar-refractivity contribution in [2.75, 3.05) is 6.61 Å². The van der Waals surface area contributed by atoms with Gasteiger partial charge in [-0.15, -0.1) is 0 Å². The van der Waals surface area contributed by atoms with E-state index in [0.29, 0.717) is 69.2 Å². The summed E-state index contributed by atoms with van der Waals surface area (Å²) < 4.78 is 36.6. The minimum atomic E-state index is -1.86. The van der Waals surface area contributed by atoms with Crippen LogP contribution in [0.4, 0.5) is 8.78 Å². The summed E-state index contributed by atoms with van der Waals surface area (Å²) in [6.45, 7) is 15.6. The van der Waals surface area contributed by atoms with Crippen molar-refractivity contribution in [2.24, 2.45) is 14.1 Å². The van der Waals surface area contributed by atoms with Gasteiger partial charge in [0.2, 0.25) is 0 Å². The maximum Gasteiger partial charge on any atom is 0.339 e. The number of nitrogens with one attached hydrogen (secondary N) is 3. The summed E-state index contributed by atoms with van der Waals surface area (Å²) in [5, 5.41) is 22.8. The molecule has 306 valence electrons. The third kappa shape index (κ3) is 8.05. The number of amides is 1. The summed E-state index contributed by atoms with van der Waals surface area (Å²) in [7, 11) is 1.60. The smallest absolute Gasteiger partial charge is 0.339 e. The number of aryl methyl sites for hydroxylation is 2. The van der Waals surface area contributed by atoms with Gasteiger partial charge in [0.15, 0.2) is 19.6 Å². The fourth-order valence-electron chi connectivity index (χ4n) is 6.40. The van der Waals surface area contributed by atoms with Crippen molar-refractivity contribution in [1.82, 2.24) is 54.8 Å². The number of aromatic carboxylic acids is 1. The molecule has 18 heteroatoms.